The van der Waals surface area contributed by atoms with Crippen LogP contribution < -0.4 is 0 Å². The van der Waals surface area contributed by atoms with Crippen molar-refractivity contribution in [3.63, 3.8) is 0 Å². The third-order valence-electron chi connectivity index (χ3n) is 10.6. The largest absolute Gasteiger partial charge is 0.455 e. The standard InChI is InChI=1S/C47H25NO3/c1-3-11-30-26(9-1)21-24-39-40(30)41-31-12-4-2-10-29(31)25-36(46(41)51-39)27-17-19-28(20-18-27)43-42-34-14-6-8-16-38(34)49-45(42)35-23-22-33-32-13-5-7-15-37(32)50-47(33)44(35)48-43/h1-25H. The Balaban J connectivity index is 1.12. The summed E-state index contributed by atoms with van der Waals surface area (Å²) < 4.78 is 19.8. The van der Waals surface area contributed by atoms with Crippen LogP contribution in [-0.2, 0) is 0 Å². The molecule has 0 unspecified atom stereocenters. The molecule has 0 aliphatic carbocycles. The molecule has 0 radical (unpaired) electrons. The van der Waals surface area contributed by atoms with Gasteiger partial charge in [0, 0.05) is 43.4 Å². The lowest BCUT2D eigenvalue weighted by Gasteiger charge is -2.10. The number of hydrogen-bond acceptors (Lipinski definition) is 4. The molecule has 4 nitrogen and oxygen atoms in total. The number of pyridine rings is 1. The van der Waals surface area contributed by atoms with Crippen LogP contribution in [0, 0.1) is 0 Å². The van der Waals surface area contributed by atoms with Crippen molar-refractivity contribution in [3.8, 4) is 22.4 Å². The van der Waals surface area contributed by atoms with E-state index in [2.05, 4.69) is 121 Å². The normalized spacial score (nSPS) is 12.3. The van der Waals surface area contributed by atoms with Crippen molar-refractivity contribution < 1.29 is 13.3 Å². The van der Waals surface area contributed by atoms with Crippen LogP contribution in [0.4, 0.5) is 0 Å². The minimum absolute atomic E-state index is 0.768. The highest BCUT2D eigenvalue weighted by Crippen LogP contribution is 2.45. The predicted octanol–water partition coefficient (Wildman–Crippen LogP) is 13.6. The maximum absolute atomic E-state index is 6.74. The summed E-state index contributed by atoms with van der Waals surface area (Å²) in [6.07, 6.45) is 0. The number of benzene rings is 8. The molecule has 12 aromatic rings. The molecule has 0 aliphatic heterocycles. The summed E-state index contributed by atoms with van der Waals surface area (Å²) >= 11 is 0. The fourth-order valence-electron chi connectivity index (χ4n) is 8.33. The van der Waals surface area contributed by atoms with E-state index < -0.39 is 0 Å². The second kappa shape index (κ2) is 9.84. The first kappa shape index (κ1) is 27.0. The van der Waals surface area contributed by atoms with Crippen molar-refractivity contribution in [2.75, 3.05) is 0 Å². The Bertz CT molecular complexity index is 3420. The zero-order valence-electron chi connectivity index (χ0n) is 27.1. The summed E-state index contributed by atoms with van der Waals surface area (Å²) in [4.78, 5) is 5.40. The van der Waals surface area contributed by atoms with Gasteiger partial charge in [0.25, 0.3) is 0 Å². The Labute approximate surface area is 289 Å². The van der Waals surface area contributed by atoms with E-state index in [0.29, 0.717) is 0 Å². The number of para-hydroxylation sites is 2. The number of furan rings is 3. The van der Waals surface area contributed by atoms with E-state index in [1.165, 1.54) is 21.5 Å². The van der Waals surface area contributed by atoms with Gasteiger partial charge in [-0.25, -0.2) is 4.98 Å². The van der Waals surface area contributed by atoms with Gasteiger partial charge in [0.05, 0.1) is 11.1 Å². The summed E-state index contributed by atoms with van der Waals surface area (Å²) in [5.41, 5.74) is 9.84. The summed E-state index contributed by atoms with van der Waals surface area (Å²) in [6.45, 7) is 0. The van der Waals surface area contributed by atoms with Gasteiger partial charge >= 0.3 is 0 Å². The topological polar surface area (TPSA) is 52.3 Å². The minimum Gasteiger partial charge on any atom is -0.455 e. The van der Waals surface area contributed by atoms with E-state index in [1.807, 2.05) is 30.3 Å². The molecule has 0 amide bonds. The molecule has 0 N–H and O–H groups in total. The van der Waals surface area contributed by atoms with Crippen molar-refractivity contribution in [2.45, 2.75) is 0 Å². The van der Waals surface area contributed by atoms with Crippen LogP contribution in [-0.4, -0.2) is 4.98 Å². The molecule has 0 fully saturated rings. The molecule has 4 heteroatoms. The van der Waals surface area contributed by atoms with Gasteiger partial charge in [0.2, 0.25) is 0 Å². The zero-order chi connectivity index (χ0) is 33.2. The molecular weight excluding hydrogens is 627 g/mol. The van der Waals surface area contributed by atoms with E-state index in [-0.39, 0.29) is 0 Å². The van der Waals surface area contributed by atoms with E-state index in [9.17, 15) is 0 Å². The molecule has 4 aromatic heterocycles. The summed E-state index contributed by atoms with van der Waals surface area (Å²) in [5.74, 6) is 0. The summed E-state index contributed by atoms with van der Waals surface area (Å²) in [5, 5.41) is 12.2. The molecule has 0 spiro atoms. The maximum atomic E-state index is 6.74. The highest BCUT2D eigenvalue weighted by molar-refractivity contribution is 6.29. The Morgan fingerprint density at radius 2 is 0.961 bits per heavy atom. The second-order valence-corrected chi connectivity index (χ2v) is 13.4. The molecule has 0 aliphatic rings. The van der Waals surface area contributed by atoms with Gasteiger partial charge in [-0.2, -0.15) is 0 Å². The summed E-state index contributed by atoms with van der Waals surface area (Å²) in [6, 6.07) is 53.0. The molecule has 0 atom stereocenters. The van der Waals surface area contributed by atoms with Crippen LogP contribution in [0.3, 0.4) is 0 Å². The van der Waals surface area contributed by atoms with Crippen molar-refractivity contribution in [1.82, 2.24) is 4.98 Å². The lowest BCUT2D eigenvalue weighted by molar-refractivity contribution is 0.668. The van der Waals surface area contributed by atoms with E-state index in [1.54, 1.807) is 0 Å². The van der Waals surface area contributed by atoms with E-state index >= 15 is 0 Å². The fourth-order valence-corrected chi connectivity index (χ4v) is 8.33. The molecule has 12 rings (SSSR count). The molecule has 0 saturated heterocycles. The van der Waals surface area contributed by atoms with Crippen molar-refractivity contribution >= 4 is 98.3 Å². The fraction of sp³-hybridized carbons (Fsp3) is 0. The maximum Gasteiger partial charge on any atom is 0.161 e. The lowest BCUT2D eigenvalue weighted by atomic mass is 9.94. The minimum atomic E-state index is 0.768. The molecule has 51 heavy (non-hydrogen) atoms. The van der Waals surface area contributed by atoms with Gasteiger partial charge < -0.3 is 13.3 Å². The number of fused-ring (bicyclic) bond motifs is 16. The van der Waals surface area contributed by atoms with E-state index in [4.69, 9.17) is 18.2 Å². The first-order valence-electron chi connectivity index (χ1n) is 17.2. The first-order chi connectivity index (χ1) is 25.3. The average Bonchev–Trinajstić information content (AvgIpc) is 3.90. The van der Waals surface area contributed by atoms with Crippen molar-refractivity contribution in [2.24, 2.45) is 0 Å². The smallest absolute Gasteiger partial charge is 0.161 e. The Kier molecular flexibility index (Phi) is 5.20. The van der Waals surface area contributed by atoms with Gasteiger partial charge in [0.1, 0.15) is 33.4 Å². The predicted molar refractivity (Wildman–Crippen MR) is 209 cm³/mol. The van der Waals surface area contributed by atoms with Gasteiger partial charge in [-0.1, -0.05) is 115 Å². The molecule has 4 heterocycles. The van der Waals surface area contributed by atoms with Crippen LogP contribution in [0.2, 0.25) is 0 Å². The van der Waals surface area contributed by atoms with Gasteiger partial charge in [0.15, 0.2) is 5.58 Å². The van der Waals surface area contributed by atoms with Crippen molar-refractivity contribution in [1.29, 1.82) is 0 Å². The molecule has 236 valence electrons. The third kappa shape index (κ3) is 3.65. The van der Waals surface area contributed by atoms with Crippen LogP contribution in [0.15, 0.2) is 165 Å². The lowest BCUT2D eigenvalue weighted by Crippen LogP contribution is -1.89. The quantitative estimate of drug-likeness (QED) is 0.187. The van der Waals surface area contributed by atoms with Gasteiger partial charge in [-0.3, -0.25) is 0 Å². The molecule has 0 saturated carbocycles. The van der Waals surface area contributed by atoms with Gasteiger partial charge in [-0.05, 0) is 63.5 Å². The Hall–Kier alpha value is -6.91. The molecule has 0 bridgehead atoms. The van der Waals surface area contributed by atoms with E-state index in [0.717, 1.165) is 99.1 Å². The monoisotopic (exact) mass is 651 g/mol. The summed E-state index contributed by atoms with van der Waals surface area (Å²) in [7, 11) is 0. The first-order valence-corrected chi connectivity index (χ1v) is 17.2. The van der Waals surface area contributed by atoms with Gasteiger partial charge in [-0.15, -0.1) is 0 Å². The Morgan fingerprint density at radius 1 is 0.353 bits per heavy atom. The SMILES string of the molecule is c1ccc2c(c1)ccc1oc3c(-c4ccc(-c5nc6c(ccc7c8ccccc8oc76)c6oc7ccccc7c56)cc4)cc4ccccc4c3c12. The van der Waals surface area contributed by atoms with Crippen LogP contribution >= 0.6 is 0 Å². The third-order valence-corrected chi connectivity index (χ3v) is 10.6. The number of hydrogen-bond donors (Lipinski definition) is 0. The average molecular weight is 652 g/mol. The molecular formula is C47H25NO3. The Morgan fingerprint density at radius 3 is 1.78 bits per heavy atom. The second-order valence-electron chi connectivity index (χ2n) is 13.4. The van der Waals surface area contributed by atoms with Crippen LogP contribution in [0.1, 0.15) is 0 Å². The number of aromatic nitrogens is 1. The highest BCUT2D eigenvalue weighted by Gasteiger charge is 2.22. The highest BCUT2D eigenvalue weighted by atomic mass is 16.3. The molecule has 8 aromatic carbocycles. The number of rotatable bonds is 2. The zero-order valence-corrected chi connectivity index (χ0v) is 27.1. The number of nitrogens with zero attached hydrogens (tertiary/aromatic N) is 1. The van der Waals surface area contributed by atoms with Crippen LogP contribution in [0.25, 0.3) is 121 Å². The van der Waals surface area contributed by atoms with Crippen LogP contribution in [0.5, 0.6) is 0 Å². The van der Waals surface area contributed by atoms with Crippen molar-refractivity contribution in [3.05, 3.63) is 152 Å².